The summed E-state index contributed by atoms with van der Waals surface area (Å²) in [6.45, 7) is 12.9. The topological polar surface area (TPSA) is 18.6 Å². The summed E-state index contributed by atoms with van der Waals surface area (Å²) in [4.78, 5) is 0. The van der Waals surface area contributed by atoms with Crippen LogP contribution < -0.4 is 0 Å². The Hall–Kier alpha value is -1.04. The van der Waals surface area contributed by atoms with Crippen molar-refractivity contribution in [2.75, 3.05) is 0 Å². The van der Waals surface area contributed by atoms with Crippen molar-refractivity contribution in [3.05, 3.63) is 29.1 Å². The molecule has 0 aliphatic heterocycles. The molecule has 5 heteroatoms. The molecule has 4 rings (SSSR count). The minimum absolute atomic E-state index is 0.249. The Morgan fingerprint density at radius 2 is 1.85 bits per heavy atom. The fourth-order valence-electron chi connectivity index (χ4n) is 4.30. The number of hydrogen-bond donors (Lipinski definition) is 0. The fourth-order valence-corrected chi connectivity index (χ4v) is 6.49. The summed E-state index contributed by atoms with van der Waals surface area (Å²) in [5.74, 6) is 0.693. The largest absolute Gasteiger partial charge is 0.412 e. The molecular formula is C22H34N2OSSi. The lowest BCUT2D eigenvalue weighted by Crippen LogP contribution is -2.47. The Labute approximate surface area is 168 Å². The number of thiophene rings is 1. The van der Waals surface area contributed by atoms with Gasteiger partial charge < -0.3 is 13.4 Å². The van der Waals surface area contributed by atoms with E-state index >= 15 is 0 Å². The average Bonchev–Trinajstić information content (AvgIpc) is 3.30. The van der Waals surface area contributed by atoms with E-state index in [1.54, 1.807) is 11.3 Å². The van der Waals surface area contributed by atoms with E-state index in [4.69, 9.17) is 4.43 Å². The van der Waals surface area contributed by atoms with Gasteiger partial charge in [-0.1, -0.05) is 40.0 Å². The van der Waals surface area contributed by atoms with E-state index in [1.807, 2.05) is 0 Å². The maximum Gasteiger partial charge on any atom is 0.192 e. The van der Waals surface area contributed by atoms with Crippen molar-refractivity contribution in [1.29, 1.82) is 0 Å². The highest BCUT2D eigenvalue weighted by Gasteiger charge is 2.41. The lowest BCUT2D eigenvalue weighted by atomic mass is 9.85. The maximum absolute atomic E-state index is 7.08. The molecule has 1 fully saturated rings. The van der Waals surface area contributed by atoms with Crippen molar-refractivity contribution >= 4 is 36.3 Å². The number of hydrogen-bond acceptors (Lipinski definition) is 2. The minimum atomic E-state index is -1.81. The third kappa shape index (κ3) is 3.54. The highest BCUT2D eigenvalue weighted by molar-refractivity contribution is 7.09. The zero-order chi connectivity index (χ0) is 19.2. The number of fused-ring (bicyclic) bond motifs is 3. The van der Waals surface area contributed by atoms with Gasteiger partial charge in [-0.05, 0) is 49.0 Å². The van der Waals surface area contributed by atoms with Crippen LogP contribution in [0, 0.1) is 5.92 Å². The quantitative estimate of drug-likeness (QED) is 0.423. The zero-order valence-corrected chi connectivity index (χ0v) is 19.3. The molecule has 148 valence electrons. The van der Waals surface area contributed by atoms with Crippen molar-refractivity contribution in [3.63, 3.8) is 0 Å². The Morgan fingerprint density at radius 3 is 2.56 bits per heavy atom. The third-order valence-electron chi connectivity index (χ3n) is 6.97. The van der Waals surface area contributed by atoms with Crippen LogP contribution >= 0.6 is 11.3 Å². The van der Waals surface area contributed by atoms with Crippen LogP contribution in [0.3, 0.4) is 0 Å². The van der Waals surface area contributed by atoms with Gasteiger partial charge in [0.05, 0.1) is 17.1 Å². The number of aromatic nitrogens is 2. The third-order valence-corrected chi connectivity index (χ3v) is 12.2. The Bertz CT molecular complexity index is 860. The summed E-state index contributed by atoms with van der Waals surface area (Å²) < 4.78 is 11.9. The molecule has 0 N–H and O–H groups in total. The van der Waals surface area contributed by atoms with Crippen LogP contribution in [0.2, 0.25) is 18.1 Å². The monoisotopic (exact) mass is 402 g/mol. The summed E-state index contributed by atoms with van der Waals surface area (Å²) in [5.41, 5.74) is 3.98. The second kappa shape index (κ2) is 7.09. The molecule has 3 nitrogen and oxygen atoms in total. The molecule has 0 aromatic carbocycles. The smallest absolute Gasteiger partial charge is 0.192 e. The van der Waals surface area contributed by atoms with E-state index in [-0.39, 0.29) is 5.04 Å². The number of rotatable bonds is 5. The minimum Gasteiger partial charge on any atom is -0.412 e. The second-order valence-electron chi connectivity index (χ2n) is 9.80. The maximum atomic E-state index is 7.08. The van der Waals surface area contributed by atoms with Crippen molar-refractivity contribution in [1.82, 2.24) is 8.97 Å². The van der Waals surface area contributed by atoms with Gasteiger partial charge in [0, 0.05) is 23.5 Å². The number of nitrogens with zero attached hydrogens (tertiary/aromatic N) is 2. The zero-order valence-electron chi connectivity index (χ0n) is 17.5. The van der Waals surface area contributed by atoms with Crippen molar-refractivity contribution in [3.8, 4) is 0 Å². The molecule has 27 heavy (non-hydrogen) atoms. The van der Waals surface area contributed by atoms with E-state index < -0.39 is 8.32 Å². The average molecular weight is 403 g/mol. The first kappa shape index (κ1) is 19.3. The van der Waals surface area contributed by atoms with E-state index in [1.165, 1.54) is 48.8 Å². The Balaban J connectivity index is 1.70. The molecule has 1 unspecified atom stereocenters. The van der Waals surface area contributed by atoms with E-state index in [2.05, 4.69) is 71.9 Å². The van der Waals surface area contributed by atoms with E-state index in [0.29, 0.717) is 12.0 Å². The predicted molar refractivity (Wildman–Crippen MR) is 119 cm³/mol. The summed E-state index contributed by atoms with van der Waals surface area (Å²) in [6.07, 6.45) is 9.27. The Morgan fingerprint density at radius 1 is 1.15 bits per heavy atom. The van der Waals surface area contributed by atoms with Gasteiger partial charge in [-0.15, -0.1) is 11.3 Å². The summed E-state index contributed by atoms with van der Waals surface area (Å²) >= 11 is 1.80. The van der Waals surface area contributed by atoms with Crippen molar-refractivity contribution < 1.29 is 4.43 Å². The van der Waals surface area contributed by atoms with Crippen LogP contribution in [0.25, 0.3) is 16.7 Å². The molecule has 0 saturated heterocycles. The lowest BCUT2D eigenvalue weighted by Gasteiger charge is -2.42. The molecule has 1 aliphatic rings. The highest BCUT2D eigenvalue weighted by atomic mass is 32.1. The first-order chi connectivity index (χ1) is 12.8. The standard InChI is InChI=1S/C22H34N2OSSi/c1-22(2,3)27(4,5)25-20(17-10-7-6-8-11-17)14-24-19-16-26-15-18(19)23-13-9-12-21(23)24/h9,12-13,15-17,20H,6-8,10-11,14H2,1-5H3. The van der Waals surface area contributed by atoms with Gasteiger partial charge in [-0.25, -0.2) is 0 Å². The van der Waals surface area contributed by atoms with Gasteiger partial charge in [-0.2, -0.15) is 0 Å². The van der Waals surface area contributed by atoms with Crippen LogP contribution in [-0.4, -0.2) is 23.4 Å². The molecule has 0 radical (unpaired) electrons. The molecular weight excluding hydrogens is 368 g/mol. The van der Waals surface area contributed by atoms with Gasteiger partial charge in [0.1, 0.15) is 5.65 Å². The highest BCUT2D eigenvalue weighted by Crippen LogP contribution is 2.40. The van der Waals surface area contributed by atoms with Crippen LogP contribution in [0.1, 0.15) is 52.9 Å². The molecule has 3 heterocycles. The van der Waals surface area contributed by atoms with E-state index in [0.717, 1.165) is 6.54 Å². The fraction of sp³-hybridized carbons (Fsp3) is 0.636. The van der Waals surface area contributed by atoms with Crippen molar-refractivity contribution in [2.45, 2.75) is 83.7 Å². The van der Waals surface area contributed by atoms with E-state index in [9.17, 15) is 0 Å². The molecule has 3 aromatic rings. The van der Waals surface area contributed by atoms with Crippen LogP contribution in [0.15, 0.2) is 29.1 Å². The van der Waals surface area contributed by atoms with Gasteiger partial charge in [0.2, 0.25) is 0 Å². The summed E-state index contributed by atoms with van der Waals surface area (Å²) in [6, 6.07) is 4.40. The molecule has 0 bridgehead atoms. The summed E-state index contributed by atoms with van der Waals surface area (Å²) in [7, 11) is -1.81. The van der Waals surface area contributed by atoms with Gasteiger partial charge in [0.15, 0.2) is 8.32 Å². The van der Waals surface area contributed by atoms with Crippen LogP contribution in [0.5, 0.6) is 0 Å². The predicted octanol–water partition coefficient (Wildman–Crippen LogP) is 6.93. The first-order valence-corrected chi connectivity index (χ1v) is 14.3. The normalized spacial score (nSPS) is 18.6. The Kier molecular flexibility index (Phi) is 5.06. The van der Waals surface area contributed by atoms with Crippen molar-refractivity contribution in [2.24, 2.45) is 5.92 Å². The number of imidazole rings is 1. The molecule has 0 amide bonds. The van der Waals surface area contributed by atoms with Gasteiger partial charge >= 0.3 is 0 Å². The molecule has 0 spiro atoms. The molecule has 1 atom stereocenters. The summed E-state index contributed by atoms with van der Waals surface area (Å²) in [5, 5.41) is 4.81. The second-order valence-corrected chi connectivity index (χ2v) is 15.3. The van der Waals surface area contributed by atoms with Crippen LogP contribution in [-0.2, 0) is 11.0 Å². The molecule has 1 aliphatic carbocycles. The van der Waals surface area contributed by atoms with Gasteiger partial charge in [-0.3, -0.25) is 0 Å². The SMILES string of the molecule is CC(C)(C)[Si](C)(C)OC(Cn1c2cscc2n2cccc12)C1CCCCC1. The first-order valence-electron chi connectivity index (χ1n) is 10.5. The van der Waals surface area contributed by atoms with Crippen LogP contribution in [0.4, 0.5) is 0 Å². The lowest BCUT2D eigenvalue weighted by molar-refractivity contribution is 0.0804. The van der Waals surface area contributed by atoms with Gasteiger partial charge in [0.25, 0.3) is 0 Å². The molecule has 3 aromatic heterocycles. The molecule has 1 saturated carbocycles.